The Labute approximate surface area is 355 Å². The number of Topliss-reactive ketones (excluding diaryl/α,β-unsaturated/α-hetero) is 1. The summed E-state index contributed by atoms with van der Waals surface area (Å²) in [6, 6.07) is 3.67. The number of unbranched alkanes of at least 4 members (excludes halogenated alkanes) is 1. The highest BCUT2D eigenvalue weighted by Crippen LogP contribution is 2.34. The minimum absolute atomic E-state index is 0.00449. The van der Waals surface area contributed by atoms with Crippen molar-refractivity contribution in [3.05, 3.63) is 35.9 Å². The topological polar surface area (TPSA) is 289 Å². The van der Waals surface area contributed by atoms with Gasteiger partial charge in [-0.3, -0.25) is 33.9 Å². The van der Waals surface area contributed by atoms with Crippen LogP contribution in [0.3, 0.4) is 0 Å². The molecule has 16 nitrogen and oxygen atoms in total. The van der Waals surface area contributed by atoms with Crippen LogP contribution < -0.4 is 39.7 Å². The van der Waals surface area contributed by atoms with Crippen molar-refractivity contribution in [3.8, 4) is 0 Å². The highest BCUT2D eigenvalue weighted by atomic mass is 16.2. The molecule has 0 spiro atoms. The molecule has 2 saturated carbocycles. The molecule has 0 aromatic heterocycles. The van der Waals surface area contributed by atoms with Gasteiger partial charge in [0.05, 0.1) is 24.2 Å². The van der Waals surface area contributed by atoms with E-state index in [1.54, 1.807) is 0 Å². The molecule has 1 aromatic carbocycles. The van der Waals surface area contributed by atoms with Crippen LogP contribution in [0.1, 0.15) is 128 Å². The molecule has 1 aromatic rings. The van der Waals surface area contributed by atoms with E-state index in [1.165, 1.54) is 4.90 Å². The number of hydrogen-bond acceptors (Lipinski definition) is 11. The third-order valence-electron chi connectivity index (χ3n) is 12.8. The predicted octanol–water partition coefficient (Wildman–Crippen LogP) is 1.67. The van der Waals surface area contributed by atoms with Gasteiger partial charge in [-0.15, -0.1) is 0 Å². The van der Waals surface area contributed by atoms with Gasteiger partial charge in [-0.05, 0) is 88.2 Å². The number of aldehydes is 1. The Morgan fingerprint density at radius 2 is 1.38 bits per heavy atom. The lowest BCUT2D eigenvalue weighted by Gasteiger charge is -2.43. The minimum Gasteiger partial charge on any atom is -0.370 e. The van der Waals surface area contributed by atoms with Gasteiger partial charge in [0.15, 0.2) is 23.6 Å². The second kappa shape index (κ2) is 24.3. The van der Waals surface area contributed by atoms with Crippen LogP contribution in [0.2, 0.25) is 0 Å². The fraction of sp³-hybridized carbons (Fsp3) is 0.705. The fourth-order valence-electron chi connectivity index (χ4n) is 9.45. The van der Waals surface area contributed by atoms with Gasteiger partial charge in [-0.25, -0.2) is 0 Å². The Kier molecular flexibility index (Phi) is 19.6. The first-order valence-corrected chi connectivity index (χ1v) is 22.4. The van der Waals surface area contributed by atoms with Crippen LogP contribution in [-0.4, -0.2) is 107 Å². The Hall–Kier alpha value is -4.25. The molecule has 4 amide bonds. The quantitative estimate of drug-likeness (QED) is 0.0273. The molecule has 0 bridgehead atoms. The standard InChI is InChI=1S/C44H72N10O6/c45-23-11-10-20-36(52-39(57)33(46)26-30-14-4-1-5-15-30)42(60)53-25-12-21-37(53)38(56)44(29-55,22-13-24-51-43(49)50)54(40(58)34(47)27-31-16-6-2-7-17-31)41(59)35(48)28-32-18-8-3-9-19-32/h1,4-5,14-15,29,31-37H,2-3,6-13,16-28,45-48H2,(H,52,57)(H4,49,50,51)/t33-,34-,35+,36-,37-,44-/m0/s1. The van der Waals surface area contributed by atoms with Gasteiger partial charge in [0.1, 0.15) is 6.04 Å². The van der Waals surface area contributed by atoms with Crippen molar-refractivity contribution >= 4 is 41.7 Å². The molecule has 2 aliphatic carbocycles. The average molecular weight is 837 g/mol. The van der Waals surface area contributed by atoms with E-state index < -0.39 is 65.2 Å². The van der Waals surface area contributed by atoms with Crippen molar-refractivity contribution in [3.63, 3.8) is 0 Å². The summed E-state index contributed by atoms with van der Waals surface area (Å²) in [7, 11) is 0. The van der Waals surface area contributed by atoms with Gasteiger partial charge in [-0.1, -0.05) is 94.5 Å². The minimum atomic E-state index is -2.38. The molecule has 6 atom stereocenters. The summed E-state index contributed by atoms with van der Waals surface area (Å²) in [6.45, 7) is 0.510. The number of likely N-dealkylation sites (tertiary alicyclic amines) is 1. The normalized spacial score (nSPS) is 20.5. The number of aliphatic imine (C=N–C) groups is 1. The first-order chi connectivity index (χ1) is 28.8. The maximum atomic E-state index is 15.4. The van der Waals surface area contributed by atoms with E-state index in [4.69, 9.17) is 34.4 Å². The zero-order valence-electron chi connectivity index (χ0n) is 35.5. The molecule has 1 heterocycles. The van der Waals surface area contributed by atoms with E-state index in [9.17, 15) is 24.0 Å². The molecule has 13 N–H and O–H groups in total. The monoisotopic (exact) mass is 837 g/mol. The van der Waals surface area contributed by atoms with E-state index in [2.05, 4.69) is 10.3 Å². The van der Waals surface area contributed by atoms with Crippen molar-refractivity contribution in [1.82, 2.24) is 15.1 Å². The van der Waals surface area contributed by atoms with E-state index >= 15 is 4.79 Å². The average Bonchev–Trinajstić information content (AvgIpc) is 3.74. The number of carbonyl (C=O) groups is 6. The van der Waals surface area contributed by atoms with Crippen molar-refractivity contribution in [2.75, 3.05) is 19.6 Å². The summed E-state index contributed by atoms with van der Waals surface area (Å²) in [5.74, 6) is -3.47. The van der Waals surface area contributed by atoms with Gasteiger partial charge in [0.25, 0.3) is 0 Å². The van der Waals surface area contributed by atoms with Crippen LogP contribution >= 0.6 is 0 Å². The summed E-state index contributed by atoms with van der Waals surface area (Å²) in [4.78, 5) is 93.1. The summed E-state index contributed by atoms with van der Waals surface area (Å²) < 4.78 is 0. The number of benzene rings is 1. The third-order valence-corrected chi connectivity index (χ3v) is 12.8. The number of amides is 4. The molecule has 0 radical (unpaired) electrons. The molecule has 60 heavy (non-hydrogen) atoms. The molecular formula is C44H72N10O6. The predicted molar refractivity (Wildman–Crippen MR) is 232 cm³/mol. The third kappa shape index (κ3) is 13.4. The van der Waals surface area contributed by atoms with Crippen LogP contribution in [0.15, 0.2) is 35.3 Å². The lowest BCUT2D eigenvalue weighted by Crippen LogP contribution is -2.69. The maximum absolute atomic E-state index is 15.4. The Morgan fingerprint density at radius 3 is 1.92 bits per heavy atom. The second-order valence-electron chi connectivity index (χ2n) is 17.4. The van der Waals surface area contributed by atoms with Gasteiger partial charge in [0, 0.05) is 13.1 Å². The van der Waals surface area contributed by atoms with E-state index in [1.807, 2.05) is 30.3 Å². The number of hydrogen-bond donors (Lipinski definition) is 7. The fourth-order valence-corrected chi connectivity index (χ4v) is 9.45. The van der Waals surface area contributed by atoms with E-state index in [-0.39, 0.29) is 75.8 Å². The first kappa shape index (κ1) is 48.4. The Bertz CT molecular complexity index is 1560. The molecule has 334 valence electrons. The first-order valence-electron chi connectivity index (χ1n) is 22.4. The maximum Gasteiger partial charge on any atom is 0.247 e. The van der Waals surface area contributed by atoms with E-state index in [0.29, 0.717) is 32.1 Å². The van der Waals surface area contributed by atoms with Crippen molar-refractivity contribution in [2.24, 2.45) is 51.2 Å². The second-order valence-corrected chi connectivity index (χ2v) is 17.4. The van der Waals surface area contributed by atoms with E-state index in [0.717, 1.165) is 74.7 Å². The molecule has 0 unspecified atom stereocenters. The highest BCUT2D eigenvalue weighted by molar-refractivity contribution is 6.15. The number of ketones is 1. The number of imide groups is 1. The van der Waals surface area contributed by atoms with Crippen LogP contribution in [0.4, 0.5) is 0 Å². The van der Waals surface area contributed by atoms with Gasteiger partial charge in [-0.2, -0.15) is 0 Å². The van der Waals surface area contributed by atoms with Crippen LogP contribution in [0, 0.1) is 11.8 Å². The summed E-state index contributed by atoms with van der Waals surface area (Å²) in [5, 5.41) is 2.84. The lowest BCUT2D eigenvalue weighted by atomic mass is 9.80. The highest BCUT2D eigenvalue weighted by Gasteiger charge is 2.55. The SMILES string of the molecule is NCCCC[C@H](NC(=O)[C@@H](N)Cc1ccccc1)C(=O)N1CCC[C@H]1C(=O)[C@@](C=O)(CCCN=C(N)N)N(C(=O)[C@H](N)CC1CCCCC1)C(=O)[C@@H](N)CC1CCCCC1. The van der Waals surface area contributed by atoms with Crippen molar-refractivity contribution < 1.29 is 28.8 Å². The van der Waals surface area contributed by atoms with Gasteiger partial charge < -0.3 is 49.4 Å². The molecule has 4 rings (SSSR count). The number of nitrogens with two attached hydrogens (primary N) is 6. The lowest BCUT2D eigenvalue weighted by molar-refractivity contribution is -0.164. The van der Waals surface area contributed by atoms with Crippen molar-refractivity contribution in [1.29, 1.82) is 0 Å². The molecule has 3 aliphatic rings. The Morgan fingerprint density at radius 1 is 0.800 bits per heavy atom. The van der Waals surface area contributed by atoms with Crippen LogP contribution in [0.5, 0.6) is 0 Å². The molecule has 1 saturated heterocycles. The zero-order chi connectivity index (χ0) is 43.7. The van der Waals surface area contributed by atoms with Gasteiger partial charge >= 0.3 is 0 Å². The molecular weight excluding hydrogens is 765 g/mol. The zero-order valence-corrected chi connectivity index (χ0v) is 35.5. The summed E-state index contributed by atoms with van der Waals surface area (Å²) >= 11 is 0. The van der Waals surface area contributed by atoms with Crippen molar-refractivity contribution in [2.45, 2.75) is 164 Å². The number of rotatable bonds is 23. The number of carbonyl (C=O) groups excluding carboxylic acids is 6. The largest absolute Gasteiger partial charge is 0.370 e. The number of nitrogens with zero attached hydrogens (tertiary/aromatic N) is 3. The van der Waals surface area contributed by atoms with Crippen LogP contribution in [0.25, 0.3) is 0 Å². The number of nitrogens with one attached hydrogen (secondary N) is 1. The summed E-state index contributed by atoms with van der Waals surface area (Å²) in [6.07, 6.45) is 12.4. The van der Waals surface area contributed by atoms with Gasteiger partial charge in [0.2, 0.25) is 23.6 Å². The Balaban J connectivity index is 1.71. The molecule has 16 heteroatoms. The molecule has 1 aliphatic heterocycles. The summed E-state index contributed by atoms with van der Waals surface area (Å²) in [5.41, 5.74) is 35.2. The van der Waals surface area contributed by atoms with Crippen LogP contribution in [-0.2, 0) is 35.2 Å². The molecule has 3 fully saturated rings. The smallest absolute Gasteiger partial charge is 0.247 e. The number of guanidine groups is 1.